The molecule has 0 unspecified atom stereocenters. The van der Waals surface area contributed by atoms with Gasteiger partial charge in [0, 0.05) is 7.05 Å². The smallest absolute Gasteiger partial charge is 0.338 e. The Kier molecular flexibility index (Phi) is 4.69. The molecule has 4 heteroatoms. The quantitative estimate of drug-likeness (QED) is 0.806. The normalized spacial score (nSPS) is 9.82. The Morgan fingerprint density at radius 2 is 2.00 bits per heavy atom. The van der Waals surface area contributed by atoms with Gasteiger partial charge < -0.3 is 10.1 Å². The summed E-state index contributed by atoms with van der Waals surface area (Å²) < 4.78 is 5.04. The Morgan fingerprint density at radius 1 is 1.29 bits per heavy atom. The maximum absolute atomic E-state index is 11.7. The van der Waals surface area contributed by atoms with Crippen LogP contribution in [0.15, 0.2) is 18.2 Å². The average molecular weight is 235 g/mol. The molecule has 17 heavy (non-hydrogen) atoms. The molecule has 0 aliphatic carbocycles. The minimum absolute atomic E-state index is 0.103. The number of rotatable bonds is 4. The number of benzene rings is 1. The van der Waals surface area contributed by atoms with Crippen LogP contribution in [0.4, 0.5) is 0 Å². The van der Waals surface area contributed by atoms with Gasteiger partial charge >= 0.3 is 5.97 Å². The van der Waals surface area contributed by atoms with Crippen molar-refractivity contribution in [1.82, 2.24) is 5.32 Å². The van der Waals surface area contributed by atoms with Crippen molar-refractivity contribution in [3.8, 4) is 0 Å². The van der Waals surface area contributed by atoms with Crippen molar-refractivity contribution >= 4 is 11.9 Å². The van der Waals surface area contributed by atoms with Crippen LogP contribution in [0.3, 0.4) is 0 Å². The second kappa shape index (κ2) is 6.03. The molecule has 0 aliphatic rings. The Bertz CT molecular complexity index is 427. The lowest BCUT2D eigenvalue weighted by Crippen LogP contribution is -2.20. The molecular weight excluding hydrogens is 218 g/mol. The molecule has 0 saturated heterocycles. The molecule has 1 aromatic carbocycles. The Balaban J connectivity index is 2.59. The molecule has 1 rings (SSSR count). The Labute approximate surface area is 101 Å². The standard InChI is InChI=1S/C13H17NO3/c1-9-5-4-6-11(10(9)2)13(16)17-8-7-12(15)14-3/h4-6H,7-8H2,1-3H3,(H,14,15). The third-order valence-electron chi connectivity index (χ3n) is 2.67. The van der Waals surface area contributed by atoms with Crippen LogP contribution in [0.5, 0.6) is 0 Å². The molecule has 1 amide bonds. The average Bonchev–Trinajstić information content (AvgIpc) is 2.32. The molecule has 0 saturated carbocycles. The Morgan fingerprint density at radius 3 is 2.65 bits per heavy atom. The monoisotopic (exact) mass is 235 g/mol. The number of esters is 1. The zero-order valence-electron chi connectivity index (χ0n) is 10.4. The molecule has 4 nitrogen and oxygen atoms in total. The highest BCUT2D eigenvalue weighted by atomic mass is 16.5. The third-order valence-corrected chi connectivity index (χ3v) is 2.67. The van der Waals surface area contributed by atoms with Crippen LogP contribution < -0.4 is 5.32 Å². The highest BCUT2D eigenvalue weighted by Gasteiger charge is 2.11. The van der Waals surface area contributed by atoms with Crippen molar-refractivity contribution in [3.63, 3.8) is 0 Å². The summed E-state index contributed by atoms with van der Waals surface area (Å²) in [6.45, 7) is 3.92. The summed E-state index contributed by atoms with van der Waals surface area (Å²) in [4.78, 5) is 22.7. The van der Waals surface area contributed by atoms with Crippen LogP contribution >= 0.6 is 0 Å². The van der Waals surface area contributed by atoms with Gasteiger partial charge in [0.05, 0.1) is 12.0 Å². The van der Waals surface area contributed by atoms with Gasteiger partial charge in [-0.05, 0) is 31.0 Å². The highest BCUT2D eigenvalue weighted by molar-refractivity contribution is 5.91. The Hall–Kier alpha value is -1.84. The molecule has 0 aliphatic heterocycles. The van der Waals surface area contributed by atoms with E-state index in [-0.39, 0.29) is 24.9 Å². The number of ether oxygens (including phenoxy) is 1. The summed E-state index contributed by atoms with van der Waals surface area (Å²) in [6, 6.07) is 5.48. The minimum Gasteiger partial charge on any atom is -0.462 e. The van der Waals surface area contributed by atoms with Crippen LogP contribution in [0.2, 0.25) is 0 Å². The zero-order valence-corrected chi connectivity index (χ0v) is 10.4. The maximum atomic E-state index is 11.7. The van der Waals surface area contributed by atoms with Crippen molar-refractivity contribution in [1.29, 1.82) is 0 Å². The summed E-state index contributed by atoms with van der Waals surface area (Å²) >= 11 is 0. The first-order valence-electron chi connectivity index (χ1n) is 5.50. The van der Waals surface area contributed by atoms with Crippen molar-refractivity contribution < 1.29 is 14.3 Å². The number of hydrogen-bond acceptors (Lipinski definition) is 3. The van der Waals surface area contributed by atoms with E-state index in [9.17, 15) is 9.59 Å². The molecular formula is C13H17NO3. The summed E-state index contributed by atoms with van der Waals surface area (Å²) in [7, 11) is 1.55. The molecule has 92 valence electrons. The molecule has 0 atom stereocenters. The molecule has 0 spiro atoms. The number of hydrogen-bond donors (Lipinski definition) is 1. The maximum Gasteiger partial charge on any atom is 0.338 e. The predicted molar refractivity (Wildman–Crippen MR) is 64.9 cm³/mol. The van der Waals surface area contributed by atoms with E-state index in [1.807, 2.05) is 26.0 Å². The van der Waals surface area contributed by atoms with Gasteiger partial charge in [0.1, 0.15) is 6.61 Å². The van der Waals surface area contributed by atoms with Crippen LogP contribution in [0.1, 0.15) is 27.9 Å². The molecule has 0 radical (unpaired) electrons. The third kappa shape index (κ3) is 3.59. The fourth-order valence-electron chi connectivity index (χ4n) is 1.41. The van der Waals surface area contributed by atoms with Gasteiger partial charge in [0.15, 0.2) is 0 Å². The fraction of sp³-hybridized carbons (Fsp3) is 0.385. The fourth-order valence-corrected chi connectivity index (χ4v) is 1.41. The van der Waals surface area contributed by atoms with Crippen molar-refractivity contribution in [2.75, 3.05) is 13.7 Å². The summed E-state index contributed by atoms with van der Waals surface area (Å²) in [5, 5.41) is 2.47. The highest BCUT2D eigenvalue weighted by Crippen LogP contribution is 2.13. The van der Waals surface area contributed by atoms with E-state index in [0.717, 1.165) is 11.1 Å². The molecule has 0 aromatic heterocycles. The SMILES string of the molecule is CNC(=O)CCOC(=O)c1cccc(C)c1C. The van der Waals surface area contributed by atoms with Crippen LogP contribution in [0.25, 0.3) is 0 Å². The van der Waals surface area contributed by atoms with Gasteiger partial charge in [0.25, 0.3) is 0 Å². The lowest BCUT2D eigenvalue weighted by molar-refractivity contribution is -0.121. The number of amides is 1. The van der Waals surface area contributed by atoms with E-state index in [1.165, 1.54) is 0 Å². The van der Waals surface area contributed by atoms with Gasteiger partial charge in [-0.25, -0.2) is 4.79 Å². The van der Waals surface area contributed by atoms with Crippen LogP contribution in [0, 0.1) is 13.8 Å². The van der Waals surface area contributed by atoms with Crippen molar-refractivity contribution in [3.05, 3.63) is 34.9 Å². The lowest BCUT2D eigenvalue weighted by atomic mass is 10.0. The van der Waals surface area contributed by atoms with Gasteiger partial charge in [0.2, 0.25) is 5.91 Å². The molecule has 0 fully saturated rings. The summed E-state index contributed by atoms with van der Waals surface area (Å²) in [6.07, 6.45) is 0.188. The second-order valence-electron chi connectivity index (χ2n) is 3.81. The van der Waals surface area contributed by atoms with Gasteiger partial charge in [-0.1, -0.05) is 12.1 Å². The topological polar surface area (TPSA) is 55.4 Å². The zero-order chi connectivity index (χ0) is 12.8. The van der Waals surface area contributed by atoms with E-state index >= 15 is 0 Å². The van der Waals surface area contributed by atoms with Crippen LogP contribution in [-0.4, -0.2) is 25.5 Å². The van der Waals surface area contributed by atoms with Crippen molar-refractivity contribution in [2.45, 2.75) is 20.3 Å². The van der Waals surface area contributed by atoms with Gasteiger partial charge in [-0.3, -0.25) is 4.79 Å². The first kappa shape index (κ1) is 13.2. The van der Waals surface area contributed by atoms with E-state index in [1.54, 1.807) is 13.1 Å². The second-order valence-corrected chi connectivity index (χ2v) is 3.81. The molecule has 0 bridgehead atoms. The number of aryl methyl sites for hydroxylation is 1. The molecule has 1 N–H and O–H groups in total. The van der Waals surface area contributed by atoms with Gasteiger partial charge in [-0.15, -0.1) is 0 Å². The summed E-state index contributed by atoms with van der Waals surface area (Å²) in [5.41, 5.74) is 2.52. The summed E-state index contributed by atoms with van der Waals surface area (Å²) in [5.74, 6) is -0.520. The van der Waals surface area contributed by atoms with Crippen molar-refractivity contribution in [2.24, 2.45) is 0 Å². The first-order valence-corrected chi connectivity index (χ1v) is 5.50. The van der Waals surface area contributed by atoms with Gasteiger partial charge in [-0.2, -0.15) is 0 Å². The minimum atomic E-state index is -0.380. The number of nitrogens with one attached hydrogen (secondary N) is 1. The first-order chi connectivity index (χ1) is 8.06. The number of carbonyl (C=O) groups is 2. The van der Waals surface area contributed by atoms with E-state index in [0.29, 0.717) is 5.56 Å². The molecule has 0 heterocycles. The van der Waals surface area contributed by atoms with E-state index < -0.39 is 0 Å². The van der Waals surface area contributed by atoms with Crippen LogP contribution in [-0.2, 0) is 9.53 Å². The largest absolute Gasteiger partial charge is 0.462 e. The predicted octanol–water partition coefficient (Wildman–Crippen LogP) is 1.60. The van der Waals surface area contributed by atoms with E-state index in [4.69, 9.17) is 4.74 Å². The molecule has 1 aromatic rings. The number of carbonyl (C=O) groups excluding carboxylic acids is 2. The lowest BCUT2D eigenvalue weighted by Gasteiger charge is -2.08. The van der Waals surface area contributed by atoms with E-state index in [2.05, 4.69) is 5.32 Å².